The van der Waals surface area contributed by atoms with E-state index in [4.69, 9.17) is 9.15 Å². The first-order valence-corrected chi connectivity index (χ1v) is 9.41. The molecule has 0 atom stereocenters. The monoisotopic (exact) mass is 403 g/mol. The van der Waals surface area contributed by atoms with Crippen molar-refractivity contribution in [2.24, 2.45) is 0 Å². The van der Waals surface area contributed by atoms with Crippen LogP contribution >= 0.6 is 0 Å². The Morgan fingerprint density at radius 2 is 1.73 bits per heavy atom. The maximum absolute atomic E-state index is 13.0. The summed E-state index contributed by atoms with van der Waals surface area (Å²) in [5.41, 5.74) is 1.70. The van der Waals surface area contributed by atoms with Crippen molar-refractivity contribution in [2.45, 2.75) is 6.92 Å². The number of anilines is 1. The van der Waals surface area contributed by atoms with Crippen LogP contribution in [0, 0.1) is 5.82 Å². The molecule has 0 aliphatic heterocycles. The summed E-state index contributed by atoms with van der Waals surface area (Å²) in [7, 11) is 0. The topological polar surface area (TPSA) is 68.5 Å². The van der Waals surface area contributed by atoms with E-state index in [1.165, 1.54) is 30.3 Å². The number of rotatable bonds is 5. The lowest BCUT2D eigenvalue weighted by molar-refractivity contribution is 0.102. The maximum atomic E-state index is 13.0. The first-order valence-electron chi connectivity index (χ1n) is 9.41. The van der Waals surface area contributed by atoms with Gasteiger partial charge in [0.05, 0.1) is 12.0 Å². The lowest BCUT2D eigenvalue weighted by Crippen LogP contribution is -2.12. The first kappa shape index (κ1) is 19.4. The van der Waals surface area contributed by atoms with Gasteiger partial charge in [-0.2, -0.15) is 0 Å². The van der Waals surface area contributed by atoms with Gasteiger partial charge in [-0.15, -0.1) is 0 Å². The highest BCUT2D eigenvalue weighted by atomic mass is 19.1. The lowest BCUT2D eigenvalue weighted by Gasteiger charge is -2.08. The number of amides is 1. The molecule has 4 aromatic rings. The third-order valence-corrected chi connectivity index (χ3v) is 4.54. The molecule has 1 aromatic heterocycles. The molecular weight excluding hydrogens is 385 g/mol. The fraction of sp³-hybridized carbons (Fsp3) is 0.0833. The minimum atomic E-state index is -0.418. The molecule has 1 N–H and O–H groups in total. The van der Waals surface area contributed by atoms with Crippen LogP contribution in [0.15, 0.2) is 82.0 Å². The minimum absolute atomic E-state index is 0.224. The number of halogens is 1. The number of nitrogens with one attached hydrogen (secondary N) is 1. The van der Waals surface area contributed by atoms with Crippen LogP contribution in [0.1, 0.15) is 17.3 Å². The highest BCUT2D eigenvalue weighted by molar-refractivity contribution is 6.05. The van der Waals surface area contributed by atoms with Crippen LogP contribution in [0.2, 0.25) is 0 Å². The quantitative estimate of drug-likeness (QED) is 0.494. The van der Waals surface area contributed by atoms with Crippen LogP contribution in [-0.2, 0) is 0 Å². The van der Waals surface area contributed by atoms with Crippen LogP contribution in [0.5, 0.6) is 5.75 Å². The molecule has 0 radical (unpaired) electrons. The molecule has 30 heavy (non-hydrogen) atoms. The summed E-state index contributed by atoms with van der Waals surface area (Å²) in [6, 6.07) is 18.8. The van der Waals surface area contributed by atoms with E-state index < -0.39 is 11.7 Å². The Labute approximate surface area is 171 Å². The smallest absolute Gasteiger partial charge is 0.255 e. The van der Waals surface area contributed by atoms with Gasteiger partial charge in [0.25, 0.3) is 5.91 Å². The van der Waals surface area contributed by atoms with Gasteiger partial charge in [0.2, 0.25) is 0 Å². The maximum Gasteiger partial charge on any atom is 0.255 e. The Balaban J connectivity index is 1.61. The summed E-state index contributed by atoms with van der Waals surface area (Å²) >= 11 is 0. The predicted molar refractivity (Wildman–Crippen MR) is 113 cm³/mol. The zero-order valence-corrected chi connectivity index (χ0v) is 16.1. The molecule has 150 valence electrons. The SMILES string of the molecule is CCOc1ccc(-c2cc(=O)c3cc(NC(=O)c4ccc(F)cc4)ccc3o2)cc1. The molecule has 0 aliphatic carbocycles. The molecule has 1 heterocycles. The van der Waals surface area contributed by atoms with Gasteiger partial charge < -0.3 is 14.5 Å². The minimum Gasteiger partial charge on any atom is -0.494 e. The fourth-order valence-electron chi connectivity index (χ4n) is 3.06. The molecule has 0 saturated heterocycles. The summed E-state index contributed by atoms with van der Waals surface area (Å²) in [5.74, 6) is 0.368. The number of benzene rings is 3. The van der Waals surface area contributed by atoms with E-state index in [-0.39, 0.29) is 5.43 Å². The van der Waals surface area contributed by atoms with Crippen molar-refractivity contribution < 1.29 is 18.3 Å². The molecule has 1 amide bonds. The molecule has 0 bridgehead atoms. The Morgan fingerprint density at radius 1 is 1.00 bits per heavy atom. The van der Waals surface area contributed by atoms with Gasteiger partial charge in [0, 0.05) is 22.9 Å². The van der Waals surface area contributed by atoms with E-state index in [2.05, 4.69) is 5.32 Å². The third-order valence-electron chi connectivity index (χ3n) is 4.54. The Morgan fingerprint density at radius 3 is 2.43 bits per heavy atom. The van der Waals surface area contributed by atoms with Gasteiger partial charge in [-0.1, -0.05) is 0 Å². The molecule has 5 nitrogen and oxygen atoms in total. The number of carbonyl (C=O) groups excluding carboxylic acids is 1. The molecule has 0 aliphatic rings. The largest absolute Gasteiger partial charge is 0.494 e. The summed E-state index contributed by atoms with van der Waals surface area (Å²) in [6.07, 6.45) is 0. The molecular formula is C24H18FNO4. The fourth-order valence-corrected chi connectivity index (χ4v) is 3.06. The second kappa shape index (κ2) is 8.21. The van der Waals surface area contributed by atoms with Gasteiger partial charge in [0.1, 0.15) is 22.9 Å². The van der Waals surface area contributed by atoms with Crippen molar-refractivity contribution >= 4 is 22.6 Å². The van der Waals surface area contributed by atoms with Crippen LogP contribution in [-0.4, -0.2) is 12.5 Å². The average molecular weight is 403 g/mol. The van der Waals surface area contributed by atoms with E-state index >= 15 is 0 Å². The standard InChI is InChI=1S/C24H18FNO4/c1-2-29-19-10-5-15(6-11-19)23-14-21(27)20-13-18(9-12-22(20)30-23)26-24(28)16-3-7-17(25)8-4-16/h3-14H,2H2,1H3,(H,26,28). The summed E-state index contributed by atoms with van der Waals surface area (Å²) in [5, 5.41) is 3.05. The van der Waals surface area contributed by atoms with Crippen LogP contribution < -0.4 is 15.5 Å². The molecule has 0 fully saturated rings. The Kier molecular flexibility index (Phi) is 5.30. The molecule has 3 aromatic carbocycles. The summed E-state index contributed by atoms with van der Waals surface area (Å²) in [4.78, 5) is 25.0. The predicted octanol–water partition coefficient (Wildman–Crippen LogP) is 5.25. The highest BCUT2D eigenvalue weighted by Crippen LogP contribution is 2.26. The van der Waals surface area contributed by atoms with E-state index in [9.17, 15) is 14.0 Å². The number of hydrogen-bond acceptors (Lipinski definition) is 4. The molecule has 4 rings (SSSR count). The van der Waals surface area contributed by atoms with Crippen LogP contribution in [0.25, 0.3) is 22.3 Å². The first-order chi connectivity index (χ1) is 14.5. The van der Waals surface area contributed by atoms with Gasteiger partial charge >= 0.3 is 0 Å². The zero-order valence-electron chi connectivity index (χ0n) is 16.1. The molecule has 0 saturated carbocycles. The third kappa shape index (κ3) is 4.07. The van der Waals surface area contributed by atoms with Gasteiger partial charge in [-0.25, -0.2) is 4.39 Å². The lowest BCUT2D eigenvalue weighted by atomic mass is 10.1. The number of carbonyl (C=O) groups is 1. The summed E-state index contributed by atoms with van der Waals surface area (Å²) < 4.78 is 24.3. The number of ether oxygens (including phenoxy) is 1. The van der Waals surface area contributed by atoms with Gasteiger partial charge in [-0.3, -0.25) is 9.59 Å². The average Bonchev–Trinajstić information content (AvgIpc) is 2.75. The highest BCUT2D eigenvalue weighted by Gasteiger charge is 2.11. The van der Waals surface area contributed by atoms with Crippen molar-refractivity contribution in [2.75, 3.05) is 11.9 Å². The second-order valence-corrected chi connectivity index (χ2v) is 6.60. The molecule has 6 heteroatoms. The second-order valence-electron chi connectivity index (χ2n) is 6.60. The normalized spacial score (nSPS) is 10.7. The number of fused-ring (bicyclic) bond motifs is 1. The Bertz CT molecular complexity index is 1260. The van der Waals surface area contributed by atoms with Crippen molar-refractivity contribution in [1.29, 1.82) is 0 Å². The van der Waals surface area contributed by atoms with Crippen molar-refractivity contribution in [1.82, 2.24) is 0 Å². The van der Waals surface area contributed by atoms with Crippen LogP contribution in [0.4, 0.5) is 10.1 Å². The number of hydrogen-bond donors (Lipinski definition) is 1. The molecule has 0 unspecified atom stereocenters. The molecule has 0 spiro atoms. The van der Waals surface area contributed by atoms with E-state index in [0.717, 1.165) is 11.3 Å². The summed E-state index contributed by atoms with van der Waals surface area (Å²) in [6.45, 7) is 2.48. The van der Waals surface area contributed by atoms with Crippen molar-refractivity contribution in [3.05, 3.63) is 94.4 Å². The van der Waals surface area contributed by atoms with Crippen molar-refractivity contribution in [3.8, 4) is 17.1 Å². The zero-order chi connectivity index (χ0) is 21.1. The Hall–Kier alpha value is -3.93. The van der Waals surface area contributed by atoms with E-state index in [1.807, 2.05) is 31.2 Å². The van der Waals surface area contributed by atoms with Crippen molar-refractivity contribution in [3.63, 3.8) is 0 Å². The van der Waals surface area contributed by atoms with Gasteiger partial charge in [0.15, 0.2) is 5.43 Å². The van der Waals surface area contributed by atoms with Gasteiger partial charge in [-0.05, 0) is 73.7 Å². The van der Waals surface area contributed by atoms with Crippen LogP contribution in [0.3, 0.4) is 0 Å². The van der Waals surface area contributed by atoms with E-state index in [1.54, 1.807) is 18.2 Å². The van der Waals surface area contributed by atoms with E-state index in [0.29, 0.717) is 34.6 Å².